The molecule has 0 fully saturated rings. The molecule has 0 aromatic heterocycles. The van der Waals surface area contributed by atoms with Crippen LogP contribution in [0.4, 0.5) is 0 Å². The van der Waals surface area contributed by atoms with Crippen LogP contribution < -0.4 is 0 Å². The maximum Gasteiger partial charge on any atom is -0.00892 e. The molecule has 9 heavy (non-hydrogen) atoms. The second kappa shape index (κ2) is 4.10. The summed E-state index contributed by atoms with van der Waals surface area (Å²) in [6.07, 6.45) is 10.5. The van der Waals surface area contributed by atoms with E-state index in [0.717, 1.165) is 0 Å². The van der Waals surface area contributed by atoms with E-state index in [-0.39, 0.29) is 0 Å². The van der Waals surface area contributed by atoms with Crippen molar-refractivity contribution < 1.29 is 0 Å². The lowest BCUT2D eigenvalue weighted by Gasteiger charge is -2.04. The third-order valence-electron chi connectivity index (χ3n) is 1.74. The molecule has 0 saturated heterocycles. The molecule has 1 aliphatic carbocycles. The van der Waals surface area contributed by atoms with Crippen LogP contribution in [0.3, 0.4) is 0 Å². The van der Waals surface area contributed by atoms with Gasteiger partial charge in [0.1, 0.15) is 0 Å². The Hall–Kier alpha value is 0.220. The minimum absolute atomic E-state index is 1.26. The molecule has 0 saturated carbocycles. The number of halogens is 1. The maximum atomic E-state index is 3.53. The van der Waals surface area contributed by atoms with Gasteiger partial charge in [0.25, 0.3) is 0 Å². The number of hydrogen-bond donors (Lipinski definition) is 0. The molecule has 1 rings (SSSR count). The fourth-order valence-corrected chi connectivity index (χ4v) is 1.66. The average Bonchev–Trinajstić information content (AvgIpc) is 1.79. The Labute approximate surface area is 65.5 Å². The molecule has 0 amide bonds. The highest BCUT2D eigenvalue weighted by molar-refractivity contribution is 9.11. The Balaban J connectivity index is 2.32. The quantitative estimate of drug-likeness (QED) is 0.545. The minimum atomic E-state index is 1.26. The van der Waals surface area contributed by atoms with E-state index >= 15 is 0 Å². The summed E-state index contributed by atoms with van der Waals surface area (Å²) in [7, 11) is 0. The highest BCUT2D eigenvalue weighted by Gasteiger charge is 1.96. The lowest BCUT2D eigenvalue weighted by Crippen LogP contribution is -1.83. The maximum absolute atomic E-state index is 3.53. The lowest BCUT2D eigenvalue weighted by molar-refractivity contribution is 0.635. The molecule has 0 spiro atoms. The molecule has 1 heteroatoms. The first-order valence-corrected chi connectivity index (χ1v) is 4.53. The van der Waals surface area contributed by atoms with Crippen LogP contribution in [0.2, 0.25) is 0 Å². The molecular formula is C8H13Br. The third-order valence-corrected chi connectivity index (χ3v) is 2.46. The molecule has 52 valence electrons. The van der Waals surface area contributed by atoms with Crippen molar-refractivity contribution in [3.05, 3.63) is 10.6 Å². The first-order valence-electron chi connectivity index (χ1n) is 3.74. The zero-order valence-electron chi connectivity index (χ0n) is 5.70. The van der Waals surface area contributed by atoms with Crippen molar-refractivity contribution >= 4 is 15.9 Å². The van der Waals surface area contributed by atoms with Gasteiger partial charge in [-0.1, -0.05) is 34.8 Å². The highest BCUT2D eigenvalue weighted by atomic mass is 79.9. The molecule has 0 aliphatic heterocycles. The van der Waals surface area contributed by atoms with E-state index in [9.17, 15) is 0 Å². The Morgan fingerprint density at radius 2 is 1.89 bits per heavy atom. The van der Waals surface area contributed by atoms with Crippen LogP contribution in [0.15, 0.2) is 10.6 Å². The van der Waals surface area contributed by atoms with Crippen molar-refractivity contribution in [1.82, 2.24) is 0 Å². The monoisotopic (exact) mass is 188 g/mol. The molecule has 0 aromatic rings. The molecule has 0 bridgehead atoms. The van der Waals surface area contributed by atoms with E-state index in [1.165, 1.54) is 43.0 Å². The fraction of sp³-hybridized carbons (Fsp3) is 0.750. The van der Waals surface area contributed by atoms with Gasteiger partial charge in [-0.25, -0.2) is 0 Å². The summed E-state index contributed by atoms with van der Waals surface area (Å²) in [6.45, 7) is 0. The van der Waals surface area contributed by atoms with Gasteiger partial charge in [-0.05, 0) is 30.2 Å². The first-order chi connectivity index (χ1) is 4.39. The summed E-state index contributed by atoms with van der Waals surface area (Å²) in [5.74, 6) is 0. The molecule has 0 aromatic carbocycles. The number of hydrogen-bond acceptors (Lipinski definition) is 0. The van der Waals surface area contributed by atoms with Gasteiger partial charge in [-0.2, -0.15) is 0 Å². The normalized spacial score (nSPS) is 27.9. The molecule has 0 radical (unpaired) electrons. The van der Waals surface area contributed by atoms with E-state index in [0.29, 0.717) is 0 Å². The molecule has 0 heterocycles. The zero-order chi connectivity index (χ0) is 6.53. The fourth-order valence-electron chi connectivity index (χ4n) is 1.15. The Morgan fingerprint density at radius 3 is 2.78 bits per heavy atom. The largest absolute Gasteiger partial charge is 0.0744 e. The van der Waals surface area contributed by atoms with Gasteiger partial charge in [-0.15, -0.1) is 0 Å². The van der Waals surface area contributed by atoms with Gasteiger partial charge in [-0.3, -0.25) is 0 Å². The smallest absolute Gasteiger partial charge is 0.00892 e. The van der Waals surface area contributed by atoms with Crippen LogP contribution in [0.25, 0.3) is 0 Å². The van der Waals surface area contributed by atoms with Crippen LogP contribution in [0.1, 0.15) is 38.5 Å². The van der Waals surface area contributed by atoms with Crippen molar-refractivity contribution in [3.63, 3.8) is 0 Å². The van der Waals surface area contributed by atoms with E-state index in [1.54, 1.807) is 0 Å². The van der Waals surface area contributed by atoms with Gasteiger partial charge in [0.05, 0.1) is 0 Å². The van der Waals surface area contributed by atoms with E-state index in [4.69, 9.17) is 0 Å². The standard InChI is InChI=1S/C8H13Br/c9-8-6-4-2-1-3-5-7-8/h6H,1-5,7H2/b8-6+. The minimum Gasteiger partial charge on any atom is -0.0744 e. The van der Waals surface area contributed by atoms with Crippen molar-refractivity contribution in [3.8, 4) is 0 Å². The Morgan fingerprint density at radius 1 is 1.11 bits per heavy atom. The molecule has 1 aliphatic rings. The zero-order valence-corrected chi connectivity index (χ0v) is 7.28. The Bertz CT molecular complexity index is 105. The van der Waals surface area contributed by atoms with E-state index < -0.39 is 0 Å². The molecule has 0 nitrogen and oxygen atoms in total. The molecule has 0 unspecified atom stereocenters. The summed E-state index contributed by atoms with van der Waals surface area (Å²) >= 11 is 3.53. The average molecular weight is 189 g/mol. The molecule has 0 N–H and O–H groups in total. The summed E-state index contributed by atoms with van der Waals surface area (Å²) in [4.78, 5) is 0. The predicted octanol–water partition coefficient (Wildman–Crippen LogP) is 3.62. The number of allylic oxidation sites excluding steroid dienone is 2. The van der Waals surface area contributed by atoms with E-state index in [2.05, 4.69) is 22.0 Å². The van der Waals surface area contributed by atoms with Gasteiger partial charge >= 0.3 is 0 Å². The lowest BCUT2D eigenvalue weighted by atomic mass is 10.1. The van der Waals surface area contributed by atoms with Gasteiger partial charge in [0.2, 0.25) is 0 Å². The summed E-state index contributed by atoms with van der Waals surface area (Å²) in [5, 5.41) is 0. The van der Waals surface area contributed by atoms with Crippen molar-refractivity contribution in [1.29, 1.82) is 0 Å². The van der Waals surface area contributed by atoms with Crippen LogP contribution >= 0.6 is 15.9 Å². The SMILES string of the molecule is Br/C1=C/CCCCCC1. The Kier molecular flexibility index (Phi) is 3.34. The topological polar surface area (TPSA) is 0 Å². The first kappa shape index (κ1) is 7.33. The van der Waals surface area contributed by atoms with Gasteiger partial charge in [0.15, 0.2) is 0 Å². The predicted molar refractivity (Wildman–Crippen MR) is 44.7 cm³/mol. The van der Waals surface area contributed by atoms with Gasteiger partial charge < -0.3 is 0 Å². The van der Waals surface area contributed by atoms with E-state index in [1.807, 2.05) is 0 Å². The number of rotatable bonds is 0. The van der Waals surface area contributed by atoms with Crippen molar-refractivity contribution in [2.45, 2.75) is 38.5 Å². The van der Waals surface area contributed by atoms with Crippen LogP contribution in [-0.2, 0) is 0 Å². The third kappa shape index (κ3) is 3.04. The van der Waals surface area contributed by atoms with Crippen LogP contribution in [0.5, 0.6) is 0 Å². The van der Waals surface area contributed by atoms with Crippen LogP contribution in [0, 0.1) is 0 Å². The molecular weight excluding hydrogens is 176 g/mol. The van der Waals surface area contributed by atoms with Crippen LogP contribution in [-0.4, -0.2) is 0 Å². The summed E-state index contributed by atoms with van der Waals surface area (Å²) in [6, 6.07) is 0. The summed E-state index contributed by atoms with van der Waals surface area (Å²) < 4.78 is 1.42. The highest BCUT2D eigenvalue weighted by Crippen LogP contribution is 2.20. The second-order valence-corrected chi connectivity index (χ2v) is 3.62. The second-order valence-electron chi connectivity index (χ2n) is 2.60. The van der Waals surface area contributed by atoms with Crippen molar-refractivity contribution in [2.24, 2.45) is 0 Å². The van der Waals surface area contributed by atoms with Crippen molar-refractivity contribution in [2.75, 3.05) is 0 Å². The molecule has 0 atom stereocenters. The summed E-state index contributed by atoms with van der Waals surface area (Å²) in [5.41, 5.74) is 0. The van der Waals surface area contributed by atoms with Gasteiger partial charge in [0, 0.05) is 0 Å².